The van der Waals surface area contributed by atoms with E-state index < -0.39 is 6.36 Å². The van der Waals surface area contributed by atoms with Crippen LogP contribution in [0.4, 0.5) is 17.6 Å². The number of hydrogen-bond acceptors (Lipinski definition) is 5. The highest BCUT2D eigenvalue weighted by Gasteiger charge is 2.33. The van der Waals surface area contributed by atoms with Crippen molar-refractivity contribution in [1.29, 1.82) is 0 Å². The van der Waals surface area contributed by atoms with E-state index in [2.05, 4.69) is 19.6 Å². The molecule has 1 N–H and O–H groups in total. The molecule has 11 heteroatoms. The number of ether oxygens (including phenoxy) is 2. The van der Waals surface area contributed by atoms with Gasteiger partial charge in [-0.1, -0.05) is 0 Å². The van der Waals surface area contributed by atoms with Crippen molar-refractivity contribution in [2.24, 2.45) is 0 Å². The summed E-state index contributed by atoms with van der Waals surface area (Å²) in [6, 6.07) is 5.38. The van der Waals surface area contributed by atoms with Crippen molar-refractivity contribution < 1.29 is 31.8 Å². The van der Waals surface area contributed by atoms with E-state index in [1.807, 2.05) is 0 Å². The molecule has 3 aliphatic rings. The first-order valence-electron chi connectivity index (χ1n) is 12.9. The number of nitrogens with zero attached hydrogens (tertiary/aromatic N) is 3. The maximum Gasteiger partial charge on any atom is 0.573 e. The highest BCUT2D eigenvalue weighted by molar-refractivity contribution is 5.94. The average molecular weight is 533 g/mol. The summed E-state index contributed by atoms with van der Waals surface area (Å²) in [5.74, 6) is -1.03. The molecule has 2 saturated heterocycles. The summed E-state index contributed by atoms with van der Waals surface area (Å²) in [5.41, 5.74) is 3.94. The summed E-state index contributed by atoms with van der Waals surface area (Å²) in [5, 5.41) is 0.886. The van der Waals surface area contributed by atoms with E-state index in [1.54, 1.807) is 4.90 Å². The number of benzene rings is 1. The van der Waals surface area contributed by atoms with Crippen LogP contribution in [0, 0.1) is 5.82 Å². The van der Waals surface area contributed by atoms with Crippen LogP contribution in [0.3, 0.4) is 0 Å². The molecule has 0 unspecified atom stereocenters. The smallest absolute Gasteiger partial charge is 0.406 e. The maximum atomic E-state index is 15.3. The Labute approximate surface area is 216 Å². The Hall–Kier alpha value is -3.18. The predicted octanol–water partition coefficient (Wildman–Crippen LogP) is 4.42. The first-order chi connectivity index (χ1) is 18.3. The van der Waals surface area contributed by atoms with Crippen molar-refractivity contribution in [1.82, 2.24) is 19.8 Å². The second-order valence-corrected chi connectivity index (χ2v) is 10.2. The van der Waals surface area contributed by atoms with E-state index in [0.29, 0.717) is 43.2 Å². The van der Waals surface area contributed by atoms with Crippen LogP contribution in [0.5, 0.6) is 5.75 Å². The fourth-order valence-electron chi connectivity index (χ4n) is 5.94. The van der Waals surface area contributed by atoms with Crippen molar-refractivity contribution in [3.63, 3.8) is 0 Å². The molecule has 2 fully saturated rings. The van der Waals surface area contributed by atoms with Gasteiger partial charge in [0, 0.05) is 54.8 Å². The predicted molar refractivity (Wildman–Crippen MR) is 131 cm³/mol. The Morgan fingerprint density at radius 3 is 2.42 bits per heavy atom. The van der Waals surface area contributed by atoms with Gasteiger partial charge in [0.1, 0.15) is 17.2 Å². The van der Waals surface area contributed by atoms with Gasteiger partial charge < -0.3 is 19.4 Å². The van der Waals surface area contributed by atoms with Gasteiger partial charge >= 0.3 is 6.36 Å². The summed E-state index contributed by atoms with van der Waals surface area (Å²) in [6.07, 6.45) is -0.666. The fourth-order valence-corrected chi connectivity index (χ4v) is 5.94. The highest BCUT2D eigenvalue weighted by Crippen LogP contribution is 2.38. The van der Waals surface area contributed by atoms with Gasteiger partial charge in [0.15, 0.2) is 0 Å². The van der Waals surface area contributed by atoms with E-state index in [9.17, 15) is 18.0 Å². The van der Waals surface area contributed by atoms with Gasteiger partial charge in [0.2, 0.25) is 0 Å². The number of hydrogen-bond donors (Lipinski definition) is 1. The first kappa shape index (κ1) is 25.1. The third-order valence-electron chi connectivity index (χ3n) is 7.97. The van der Waals surface area contributed by atoms with Crippen LogP contribution >= 0.6 is 0 Å². The van der Waals surface area contributed by atoms with Gasteiger partial charge in [-0.2, -0.15) is 0 Å². The number of carbonyl (C=O) groups excluding carboxylic acids is 1. The van der Waals surface area contributed by atoms with Crippen molar-refractivity contribution in [2.75, 3.05) is 39.4 Å². The molecule has 202 valence electrons. The van der Waals surface area contributed by atoms with Gasteiger partial charge in [-0.25, -0.2) is 9.37 Å². The van der Waals surface area contributed by atoms with Gasteiger partial charge in [-0.3, -0.25) is 9.69 Å². The van der Waals surface area contributed by atoms with Crippen LogP contribution in [0.2, 0.25) is 0 Å². The minimum Gasteiger partial charge on any atom is -0.406 e. The number of halogens is 4. The van der Waals surface area contributed by atoms with Crippen LogP contribution in [0.15, 0.2) is 30.5 Å². The normalized spacial score (nSPS) is 19.7. The zero-order valence-corrected chi connectivity index (χ0v) is 20.7. The van der Waals surface area contributed by atoms with E-state index >= 15 is 4.39 Å². The number of aromatic amines is 1. The quantitative estimate of drug-likeness (QED) is 0.504. The largest absolute Gasteiger partial charge is 0.573 e. The highest BCUT2D eigenvalue weighted by atomic mass is 19.4. The SMILES string of the molecule is O=C(c1ccc(OC(F)(F)F)cc1)N1CCC(c2c(F)cnc3[nH]c4c(c23)CCN(C2COC2)CC4)CC1. The summed E-state index contributed by atoms with van der Waals surface area (Å²) in [6.45, 7) is 4.20. The molecule has 0 spiro atoms. The Morgan fingerprint density at radius 1 is 1.05 bits per heavy atom. The van der Waals surface area contributed by atoms with Gasteiger partial charge in [-0.15, -0.1) is 13.2 Å². The van der Waals surface area contributed by atoms with E-state index in [1.165, 1.54) is 18.3 Å². The number of carbonyl (C=O) groups is 1. The number of fused-ring (bicyclic) bond motifs is 3. The second kappa shape index (κ2) is 9.85. The molecule has 3 aromatic rings. The van der Waals surface area contributed by atoms with E-state index in [4.69, 9.17) is 4.74 Å². The molecule has 0 atom stereocenters. The number of pyridine rings is 1. The van der Waals surface area contributed by atoms with Crippen molar-refractivity contribution in [2.45, 2.75) is 44.0 Å². The molecule has 2 aromatic heterocycles. The number of piperidine rings is 1. The standard InChI is InChI=1S/C27H28F4N4O3/c28-21-13-32-25-24(20-7-11-34(18-14-37-15-18)12-8-22(20)33-25)23(21)16-5-9-35(10-6-16)26(36)17-1-3-19(4-2-17)38-27(29,30)31/h1-4,13,16,18H,5-12,14-15H2,(H,32,33). The summed E-state index contributed by atoms with van der Waals surface area (Å²) in [7, 11) is 0. The molecule has 38 heavy (non-hydrogen) atoms. The molecule has 1 amide bonds. The Morgan fingerprint density at radius 2 is 1.76 bits per heavy atom. The van der Waals surface area contributed by atoms with Gasteiger partial charge in [0.25, 0.3) is 5.91 Å². The number of likely N-dealkylation sites (tertiary alicyclic amines) is 1. The van der Waals surface area contributed by atoms with E-state index in [-0.39, 0.29) is 29.0 Å². The summed E-state index contributed by atoms with van der Waals surface area (Å²) >= 11 is 0. The second-order valence-electron chi connectivity index (χ2n) is 10.2. The fraction of sp³-hybridized carbons (Fsp3) is 0.481. The molecule has 0 bridgehead atoms. The molecule has 0 radical (unpaired) electrons. The van der Waals surface area contributed by atoms with Crippen molar-refractivity contribution >= 4 is 16.9 Å². The minimum absolute atomic E-state index is 0.0635. The molecule has 5 heterocycles. The third kappa shape index (κ3) is 4.84. The van der Waals surface area contributed by atoms with Crippen LogP contribution in [0.1, 0.15) is 45.9 Å². The Balaban J connectivity index is 1.17. The molecule has 0 saturated carbocycles. The minimum atomic E-state index is -4.79. The number of alkyl halides is 3. The lowest BCUT2D eigenvalue weighted by molar-refractivity contribution is -0.274. The number of amides is 1. The van der Waals surface area contributed by atoms with E-state index in [0.717, 1.165) is 67.9 Å². The Kier molecular flexibility index (Phi) is 6.51. The van der Waals surface area contributed by atoms with Crippen LogP contribution in [0.25, 0.3) is 11.0 Å². The number of H-pyrrole nitrogens is 1. The average Bonchev–Trinajstić information content (AvgIpc) is 3.08. The summed E-state index contributed by atoms with van der Waals surface area (Å²) in [4.78, 5) is 24.9. The lowest BCUT2D eigenvalue weighted by atomic mass is 9.86. The maximum absolute atomic E-state index is 15.3. The number of aromatic nitrogens is 2. The molecular formula is C27H28F4N4O3. The molecule has 7 nitrogen and oxygen atoms in total. The zero-order valence-electron chi connectivity index (χ0n) is 20.7. The zero-order chi connectivity index (χ0) is 26.4. The summed E-state index contributed by atoms with van der Waals surface area (Å²) < 4.78 is 61.8. The number of nitrogens with one attached hydrogen (secondary N) is 1. The monoisotopic (exact) mass is 532 g/mol. The van der Waals surface area contributed by atoms with Crippen molar-refractivity contribution in [3.8, 4) is 5.75 Å². The van der Waals surface area contributed by atoms with Crippen LogP contribution < -0.4 is 4.74 Å². The molecule has 3 aliphatic heterocycles. The topological polar surface area (TPSA) is 70.7 Å². The Bertz CT molecular complexity index is 1330. The third-order valence-corrected chi connectivity index (χ3v) is 7.97. The van der Waals surface area contributed by atoms with Crippen LogP contribution in [-0.4, -0.2) is 77.5 Å². The molecule has 1 aromatic carbocycles. The van der Waals surface area contributed by atoms with Gasteiger partial charge in [-0.05, 0) is 55.0 Å². The first-order valence-corrected chi connectivity index (χ1v) is 12.9. The van der Waals surface area contributed by atoms with Gasteiger partial charge in [0.05, 0.1) is 25.5 Å². The number of rotatable bonds is 4. The van der Waals surface area contributed by atoms with Crippen LogP contribution in [-0.2, 0) is 17.6 Å². The van der Waals surface area contributed by atoms with Crippen molar-refractivity contribution in [3.05, 3.63) is 58.7 Å². The lowest BCUT2D eigenvalue weighted by Crippen LogP contribution is -2.49. The lowest BCUT2D eigenvalue weighted by Gasteiger charge is -2.36. The molecule has 6 rings (SSSR count). The molecule has 0 aliphatic carbocycles. The molecular weight excluding hydrogens is 504 g/mol.